The summed E-state index contributed by atoms with van der Waals surface area (Å²) >= 11 is 0. The first kappa shape index (κ1) is 16.8. The van der Waals surface area contributed by atoms with E-state index in [9.17, 15) is 9.59 Å². The molecule has 1 atom stereocenters. The molecular formula is C21H23N3O2. The summed E-state index contributed by atoms with van der Waals surface area (Å²) in [5.74, 6) is 0.638. The van der Waals surface area contributed by atoms with Crippen molar-refractivity contribution in [3.05, 3.63) is 58.8 Å². The van der Waals surface area contributed by atoms with Crippen molar-refractivity contribution < 1.29 is 4.79 Å². The van der Waals surface area contributed by atoms with Crippen molar-refractivity contribution in [2.45, 2.75) is 19.4 Å². The van der Waals surface area contributed by atoms with E-state index in [4.69, 9.17) is 0 Å². The minimum absolute atomic E-state index is 0.0154. The Bertz CT molecular complexity index is 943. The molecule has 1 fully saturated rings. The molecule has 0 spiro atoms. The highest BCUT2D eigenvalue weighted by Crippen LogP contribution is 2.19. The van der Waals surface area contributed by atoms with Gasteiger partial charge in [-0.2, -0.15) is 0 Å². The van der Waals surface area contributed by atoms with Crippen molar-refractivity contribution in [3.8, 4) is 0 Å². The van der Waals surface area contributed by atoms with Crippen molar-refractivity contribution in [1.82, 2.24) is 15.2 Å². The number of aromatic nitrogens is 1. The van der Waals surface area contributed by atoms with E-state index in [0.29, 0.717) is 23.2 Å². The van der Waals surface area contributed by atoms with Crippen molar-refractivity contribution >= 4 is 27.7 Å². The number of hydrogen-bond donors (Lipinski definition) is 2. The number of benzene rings is 2. The van der Waals surface area contributed by atoms with E-state index in [2.05, 4.69) is 10.6 Å². The quantitative estimate of drug-likeness (QED) is 0.695. The molecule has 2 aromatic carbocycles. The standard InChI is InChI=1S/C21H23N3O2/c25-20(23-12-10-15-9-11-22-13-15)14-24-18-7-3-1-5-16(18)21(26)17-6-2-4-8-19(17)24/h1-8,15,22H,9-14H2,(H,23,25). The van der Waals surface area contributed by atoms with Gasteiger partial charge in [-0.3, -0.25) is 9.59 Å². The first-order valence-corrected chi connectivity index (χ1v) is 9.22. The number of carbonyl (C=O) groups is 1. The van der Waals surface area contributed by atoms with Crippen LogP contribution in [0.2, 0.25) is 0 Å². The summed E-state index contributed by atoms with van der Waals surface area (Å²) in [7, 11) is 0. The lowest BCUT2D eigenvalue weighted by atomic mass is 10.1. The number of nitrogens with one attached hydrogen (secondary N) is 2. The van der Waals surface area contributed by atoms with Crippen molar-refractivity contribution in [3.63, 3.8) is 0 Å². The molecule has 1 amide bonds. The minimum Gasteiger partial charge on any atom is -0.355 e. The molecule has 1 unspecified atom stereocenters. The highest BCUT2D eigenvalue weighted by molar-refractivity contribution is 5.94. The monoisotopic (exact) mass is 349 g/mol. The van der Waals surface area contributed by atoms with Crippen LogP contribution in [0.3, 0.4) is 0 Å². The van der Waals surface area contributed by atoms with Crippen LogP contribution in [0.5, 0.6) is 0 Å². The van der Waals surface area contributed by atoms with E-state index in [1.54, 1.807) is 0 Å². The summed E-state index contributed by atoms with van der Waals surface area (Å²) in [4.78, 5) is 25.3. The zero-order chi connectivity index (χ0) is 17.9. The molecule has 134 valence electrons. The van der Waals surface area contributed by atoms with Crippen molar-refractivity contribution in [1.29, 1.82) is 0 Å². The number of pyridine rings is 1. The topological polar surface area (TPSA) is 63.1 Å². The smallest absolute Gasteiger partial charge is 0.239 e. The Morgan fingerprint density at radius 2 is 1.73 bits per heavy atom. The molecule has 4 rings (SSSR count). The van der Waals surface area contributed by atoms with Crippen LogP contribution in [0, 0.1) is 5.92 Å². The SMILES string of the molecule is O=C(Cn1c2ccccc2c(=O)c2ccccc21)NCCC1CCNC1. The molecule has 2 heterocycles. The first-order valence-electron chi connectivity index (χ1n) is 9.22. The highest BCUT2D eigenvalue weighted by Gasteiger charge is 2.15. The second-order valence-corrected chi connectivity index (χ2v) is 6.95. The fourth-order valence-corrected chi connectivity index (χ4v) is 3.82. The number of rotatable bonds is 5. The number of hydrogen-bond acceptors (Lipinski definition) is 3. The number of fused-ring (bicyclic) bond motifs is 2. The molecule has 0 aliphatic carbocycles. The number of nitrogens with zero attached hydrogens (tertiary/aromatic N) is 1. The normalized spacial score (nSPS) is 17.0. The largest absolute Gasteiger partial charge is 0.355 e. The van der Waals surface area contributed by atoms with Crippen LogP contribution in [-0.4, -0.2) is 30.1 Å². The van der Waals surface area contributed by atoms with Crippen LogP contribution in [0.4, 0.5) is 0 Å². The van der Waals surface area contributed by atoms with Gasteiger partial charge in [0.1, 0.15) is 6.54 Å². The highest BCUT2D eigenvalue weighted by atomic mass is 16.2. The van der Waals surface area contributed by atoms with E-state index in [1.807, 2.05) is 53.1 Å². The third kappa shape index (κ3) is 3.22. The molecular weight excluding hydrogens is 326 g/mol. The van der Waals surface area contributed by atoms with Gasteiger partial charge in [0.15, 0.2) is 5.43 Å². The zero-order valence-electron chi connectivity index (χ0n) is 14.7. The van der Waals surface area contributed by atoms with Gasteiger partial charge in [-0.25, -0.2) is 0 Å². The van der Waals surface area contributed by atoms with Gasteiger partial charge in [-0.05, 0) is 56.1 Å². The lowest BCUT2D eigenvalue weighted by Gasteiger charge is -2.15. The summed E-state index contributed by atoms with van der Waals surface area (Å²) in [6, 6.07) is 15.0. The summed E-state index contributed by atoms with van der Waals surface area (Å²) in [6.45, 7) is 3.03. The van der Waals surface area contributed by atoms with Gasteiger partial charge in [0.25, 0.3) is 0 Å². The maximum atomic E-state index is 12.7. The lowest BCUT2D eigenvalue weighted by molar-refractivity contribution is -0.121. The maximum Gasteiger partial charge on any atom is 0.239 e. The van der Waals surface area contributed by atoms with Gasteiger partial charge in [-0.1, -0.05) is 24.3 Å². The first-order chi connectivity index (χ1) is 12.7. The van der Waals surface area contributed by atoms with Crippen LogP contribution < -0.4 is 16.1 Å². The van der Waals surface area contributed by atoms with E-state index in [-0.39, 0.29) is 17.9 Å². The van der Waals surface area contributed by atoms with Gasteiger partial charge in [0, 0.05) is 17.3 Å². The molecule has 5 heteroatoms. The van der Waals surface area contributed by atoms with Crippen molar-refractivity contribution in [2.75, 3.05) is 19.6 Å². The van der Waals surface area contributed by atoms with Crippen LogP contribution in [0.1, 0.15) is 12.8 Å². The fraction of sp³-hybridized carbons (Fsp3) is 0.333. The molecule has 1 saturated heterocycles. The van der Waals surface area contributed by atoms with E-state index in [0.717, 1.165) is 30.5 Å². The Morgan fingerprint density at radius 1 is 1.08 bits per heavy atom. The number of carbonyl (C=O) groups excluding carboxylic acids is 1. The molecule has 3 aromatic rings. The van der Waals surface area contributed by atoms with E-state index < -0.39 is 0 Å². The van der Waals surface area contributed by atoms with Gasteiger partial charge < -0.3 is 15.2 Å². The summed E-state index contributed by atoms with van der Waals surface area (Å²) in [6.07, 6.45) is 2.19. The second-order valence-electron chi connectivity index (χ2n) is 6.95. The fourth-order valence-electron chi connectivity index (χ4n) is 3.82. The second kappa shape index (κ2) is 7.30. The average molecular weight is 349 g/mol. The predicted molar refractivity (Wildman–Crippen MR) is 104 cm³/mol. The van der Waals surface area contributed by atoms with Crippen LogP contribution >= 0.6 is 0 Å². The number of amides is 1. The summed E-state index contributed by atoms with van der Waals surface area (Å²) in [5.41, 5.74) is 1.61. The average Bonchev–Trinajstić information content (AvgIpc) is 3.19. The van der Waals surface area contributed by atoms with E-state index in [1.165, 1.54) is 6.42 Å². The molecule has 0 radical (unpaired) electrons. The predicted octanol–water partition coefficient (Wildman–Crippen LogP) is 2.27. The van der Waals surface area contributed by atoms with Crippen molar-refractivity contribution in [2.24, 2.45) is 5.92 Å². The van der Waals surface area contributed by atoms with Crippen LogP contribution in [-0.2, 0) is 11.3 Å². The molecule has 26 heavy (non-hydrogen) atoms. The Hall–Kier alpha value is -2.66. The van der Waals surface area contributed by atoms with E-state index >= 15 is 0 Å². The maximum absolute atomic E-state index is 12.7. The third-order valence-electron chi connectivity index (χ3n) is 5.22. The number of para-hydroxylation sites is 2. The third-order valence-corrected chi connectivity index (χ3v) is 5.22. The lowest BCUT2D eigenvalue weighted by Crippen LogP contribution is -2.30. The van der Waals surface area contributed by atoms with Gasteiger partial charge in [-0.15, -0.1) is 0 Å². The van der Waals surface area contributed by atoms with Gasteiger partial charge in [0.05, 0.1) is 11.0 Å². The van der Waals surface area contributed by atoms with Gasteiger partial charge in [0.2, 0.25) is 5.91 Å². The summed E-state index contributed by atoms with van der Waals surface area (Å²) < 4.78 is 1.94. The molecule has 1 aliphatic heterocycles. The minimum atomic E-state index is -0.0186. The van der Waals surface area contributed by atoms with Crippen LogP contribution in [0.25, 0.3) is 21.8 Å². The molecule has 2 N–H and O–H groups in total. The molecule has 0 bridgehead atoms. The zero-order valence-corrected chi connectivity index (χ0v) is 14.7. The Labute approximate surface area is 152 Å². The Kier molecular flexibility index (Phi) is 4.71. The van der Waals surface area contributed by atoms with Crippen LogP contribution in [0.15, 0.2) is 53.3 Å². The molecule has 1 aliphatic rings. The molecule has 0 saturated carbocycles. The Balaban J connectivity index is 1.61. The Morgan fingerprint density at radius 3 is 2.35 bits per heavy atom. The molecule has 1 aromatic heterocycles. The molecule has 5 nitrogen and oxygen atoms in total. The summed E-state index contributed by atoms with van der Waals surface area (Å²) in [5, 5.41) is 7.68. The van der Waals surface area contributed by atoms with Gasteiger partial charge >= 0.3 is 0 Å².